The minimum absolute atomic E-state index is 0.0822. The van der Waals surface area contributed by atoms with E-state index in [1.807, 2.05) is 44.4 Å². The zero-order valence-corrected chi connectivity index (χ0v) is 13.7. The van der Waals surface area contributed by atoms with Crippen LogP contribution in [0.5, 0.6) is 5.75 Å². The lowest BCUT2D eigenvalue weighted by molar-refractivity contribution is 0.232. The molecule has 0 spiro atoms. The standard InChI is InChI=1S/C16H23N5O2/c1-21(2)15(12-4-6-14(23-3)7-5-12)11-18-16(22)17-10-13-8-9-19-20-13/h4-9,15H,10-11H2,1-3H3,(H,19,20)(H2,17,18,22)/t15-/m0/s1. The van der Waals surface area contributed by atoms with Gasteiger partial charge in [0.25, 0.3) is 0 Å². The third-order valence-corrected chi connectivity index (χ3v) is 3.58. The Kier molecular flexibility index (Phi) is 5.99. The molecule has 124 valence electrons. The van der Waals surface area contributed by atoms with Crippen molar-refractivity contribution in [1.29, 1.82) is 0 Å². The maximum atomic E-state index is 11.9. The van der Waals surface area contributed by atoms with Crippen molar-refractivity contribution in [3.63, 3.8) is 0 Å². The Morgan fingerprint density at radius 1 is 1.26 bits per heavy atom. The monoisotopic (exact) mass is 317 g/mol. The highest BCUT2D eigenvalue weighted by Crippen LogP contribution is 2.20. The molecular formula is C16H23N5O2. The summed E-state index contributed by atoms with van der Waals surface area (Å²) in [5.74, 6) is 0.816. The Balaban J connectivity index is 1.87. The van der Waals surface area contributed by atoms with Crippen LogP contribution >= 0.6 is 0 Å². The number of methoxy groups -OCH3 is 1. The van der Waals surface area contributed by atoms with Gasteiger partial charge in [0.05, 0.1) is 25.4 Å². The van der Waals surface area contributed by atoms with Gasteiger partial charge in [-0.1, -0.05) is 12.1 Å². The molecule has 0 fully saturated rings. The van der Waals surface area contributed by atoms with E-state index in [0.29, 0.717) is 13.1 Å². The molecular weight excluding hydrogens is 294 g/mol. The number of hydrogen-bond acceptors (Lipinski definition) is 4. The molecule has 0 unspecified atom stereocenters. The number of aromatic nitrogens is 2. The van der Waals surface area contributed by atoms with E-state index in [1.54, 1.807) is 13.3 Å². The zero-order chi connectivity index (χ0) is 16.7. The predicted octanol–water partition coefficient (Wildman–Crippen LogP) is 1.52. The van der Waals surface area contributed by atoms with Crippen LogP contribution < -0.4 is 15.4 Å². The van der Waals surface area contributed by atoms with Gasteiger partial charge >= 0.3 is 6.03 Å². The summed E-state index contributed by atoms with van der Waals surface area (Å²) in [5.41, 5.74) is 1.98. The van der Waals surface area contributed by atoms with Crippen molar-refractivity contribution in [3.8, 4) is 5.75 Å². The lowest BCUT2D eigenvalue weighted by Crippen LogP contribution is -2.40. The lowest BCUT2D eigenvalue weighted by Gasteiger charge is -2.25. The molecule has 7 heteroatoms. The molecule has 0 aliphatic rings. The van der Waals surface area contributed by atoms with Crippen LogP contribution in [0.4, 0.5) is 4.79 Å². The van der Waals surface area contributed by atoms with Crippen LogP contribution in [0.1, 0.15) is 17.3 Å². The van der Waals surface area contributed by atoms with Crippen LogP contribution in [0.25, 0.3) is 0 Å². The highest BCUT2D eigenvalue weighted by molar-refractivity contribution is 5.73. The molecule has 0 saturated heterocycles. The van der Waals surface area contributed by atoms with Gasteiger partial charge in [-0.05, 0) is 37.9 Å². The van der Waals surface area contributed by atoms with Gasteiger partial charge in [-0.2, -0.15) is 5.10 Å². The number of nitrogens with zero attached hydrogens (tertiary/aromatic N) is 2. The first-order valence-corrected chi connectivity index (χ1v) is 7.40. The van der Waals surface area contributed by atoms with E-state index in [0.717, 1.165) is 17.0 Å². The van der Waals surface area contributed by atoms with E-state index >= 15 is 0 Å². The van der Waals surface area contributed by atoms with Crippen molar-refractivity contribution in [2.75, 3.05) is 27.7 Å². The molecule has 0 radical (unpaired) electrons. The fraction of sp³-hybridized carbons (Fsp3) is 0.375. The number of benzene rings is 1. The van der Waals surface area contributed by atoms with Gasteiger partial charge in [0.1, 0.15) is 5.75 Å². The molecule has 2 amide bonds. The van der Waals surface area contributed by atoms with Crippen molar-refractivity contribution in [3.05, 3.63) is 47.8 Å². The van der Waals surface area contributed by atoms with Gasteiger partial charge in [-0.3, -0.25) is 5.10 Å². The first-order chi connectivity index (χ1) is 11.1. The molecule has 23 heavy (non-hydrogen) atoms. The van der Waals surface area contributed by atoms with Crippen molar-refractivity contribution < 1.29 is 9.53 Å². The number of ether oxygens (including phenoxy) is 1. The van der Waals surface area contributed by atoms with Crippen LogP contribution in [-0.2, 0) is 6.54 Å². The van der Waals surface area contributed by atoms with E-state index in [1.165, 1.54) is 0 Å². The van der Waals surface area contributed by atoms with E-state index in [-0.39, 0.29) is 12.1 Å². The Bertz CT molecular complexity index is 595. The lowest BCUT2D eigenvalue weighted by atomic mass is 10.1. The number of urea groups is 1. The van der Waals surface area contributed by atoms with Gasteiger partial charge in [-0.15, -0.1) is 0 Å². The molecule has 0 aliphatic carbocycles. The van der Waals surface area contributed by atoms with Crippen LogP contribution in [0, 0.1) is 0 Å². The second-order valence-electron chi connectivity index (χ2n) is 5.40. The Morgan fingerprint density at radius 3 is 2.57 bits per heavy atom. The molecule has 1 heterocycles. The minimum Gasteiger partial charge on any atom is -0.497 e. The molecule has 1 atom stereocenters. The summed E-state index contributed by atoms with van der Waals surface area (Å²) < 4.78 is 5.17. The number of rotatable bonds is 7. The Hall–Kier alpha value is -2.54. The molecule has 0 aliphatic heterocycles. The van der Waals surface area contributed by atoms with Crippen molar-refractivity contribution >= 4 is 6.03 Å². The largest absolute Gasteiger partial charge is 0.497 e. The third-order valence-electron chi connectivity index (χ3n) is 3.58. The number of carbonyl (C=O) groups is 1. The highest BCUT2D eigenvalue weighted by atomic mass is 16.5. The number of nitrogens with one attached hydrogen (secondary N) is 3. The maximum absolute atomic E-state index is 11.9. The van der Waals surface area contributed by atoms with Crippen LogP contribution in [0.15, 0.2) is 36.5 Å². The van der Waals surface area contributed by atoms with Crippen molar-refractivity contribution in [2.24, 2.45) is 0 Å². The normalized spacial score (nSPS) is 12.0. The maximum Gasteiger partial charge on any atom is 0.315 e. The van der Waals surface area contributed by atoms with E-state index in [2.05, 4.69) is 25.7 Å². The second kappa shape index (κ2) is 8.19. The second-order valence-corrected chi connectivity index (χ2v) is 5.40. The number of H-pyrrole nitrogens is 1. The van der Waals surface area contributed by atoms with Gasteiger partial charge in [0, 0.05) is 12.7 Å². The fourth-order valence-electron chi connectivity index (χ4n) is 2.24. The predicted molar refractivity (Wildman–Crippen MR) is 88.2 cm³/mol. The zero-order valence-electron chi connectivity index (χ0n) is 13.7. The summed E-state index contributed by atoms with van der Waals surface area (Å²) >= 11 is 0. The topological polar surface area (TPSA) is 82.3 Å². The highest BCUT2D eigenvalue weighted by Gasteiger charge is 2.15. The molecule has 0 saturated carbocycles. The summed E-state index contributed by atoms with van der Waals surface area (Å²) in [4.78, 5) is 14.0. The number of aromatic amines is 1. The number of carbonyl (C=O) groups excluding carboxylic acids is 1. The fourth-order valence-corrected chi connectivity index (χ4v) is 2.24. The first kappa shape index (κ1) is 16.8. The number of hydrogen-bond donors (Lipinski definition) is 3. The average Bonchev–Trinajstić information content (AvgIpc) is 3.07. The molecule has 7 nitrogen and oxygen atoms in total. The quantitative estimate of drug-likeness (QED) is 0.723. The minimum atomic E-state index is -0.208. The number of amides is 2. The van der Waals surface area contributed by atoms with E-state index < -0.39 is 0 Å². The van der Waals surface area contributed by atoms with E-state index in [4.69, 9.17) is 4.74 Å². The molecule has 1 aromatic heterocycles. The Labute approximate surface area is 136 Å². The summed E-state index contributed by atoms with van der Waals surface area (Å²) in [6.45, 7) is 0.926. The van der Waals surface area contributed by atoms with Gasteiger partial charge in [0.2, 0.25) is 0 Å². The van der Waals surface area contributed by atoms with E-state index in [9.17, 15) is 4.79 Å². The average molecular weight is 317 g/mol. The van der Waals surface area contributed by atoms with Crippen molar-refractivity contribution in [2.45, 2.75) is 12.6 Å². The van der Waals surface area contributed by atoms with Gasteiger partial charge in [0.15, 0.2) is 0 Å². The summed E-state index contributed by atoms with van der Waals surface area (Å²) in [6.07, 6.45) is 1.65. The van der Waals surface area contributed by atoms with Crippen LogP contribution in [0.3, 0.4) is 0 Å². The first-order valence-electron chi connectivity index (χ1n) is 7.40. The Morgan fingerprint density at radius 2 is 2.00 bits per heavy atom. The molecule has 1 aromatic carbocycles. The summed E-state index contributed by atoms with van der Waals surface area (Å²) in [5, 5.41) is 12.3. The number of likely N-dealkylation sites (N-methyl/N-ethyl adjacent to an activating group) is 1. The smallest absolute Gasteiger partial charge is 0.315 e. The molecule has 2 aromatic rings. The molecule has 3 N–H and O–H groups in total. The summed E-state index contributed by atoms with van der Waals surface area (Å²) in [6, 6.07) is 9.55. The molecule has 2 rings (SSSR count). The SMILES string of the molecule is COc1ccc([C@H](CNC(=O)NCc2ccn[nH]2)N(C)C)cc1. The molecule has 0 bridgehead atoms. The van der Waals surface area contributed by atoms with Crippen LogP contribution in [-0.4, -0.2) is 48.9 Å². The van der Waals surface area contributed by atoms with Crippen LogP contribution in [0.2, 0.25) is 0 Å². The van der Waals surface area contributed by atoms with Crippen molar-refractivity contribution in [1.82, 2.24) is 25.7 Å². The third kappa shape index (κ3) is 5.00. The van der Waals surface area contributed by atoms with Gasteiger partial charge in [-0.25, -0.2) is 4.79 Å². The summed E-state index contributed by atoms with van der Waals surface area (Å²) in [7, 11) is 5.61. The van der Waals surface area contributed by atoms with Gasteiger partial charge < -0.3 is 20.3 Å².